The molecule has 0 unspecified atom stereocenters. The van der Waals surface area contributed by atoms with E-state index in [1.807, 2.05) is 24.0 Å². The monoisotopic (exact) mass is 406 g/mol. The molecule has 144 valence electrons. The van der Waals surface area contributed by atoms with E-state index in [9.17, 15) is 13.2 Å². The van der Waals surface area contributed by atoms with E-state index in [0.29, 0.717) is 22.7 Å². The molecule has 1 heterocycles. The van der Waals surface area contributed by atoms with Crippen molar-refractivity contribution >= 4 is 27.5 Å². The highest BCUT2D eigenvalue weighted by Gasteiger charge is 2.28. The lowest BCUT2D eigenvalue weighted by Gasteiger charge is -2.35. The number of rotatable bonds is 5. The summed E-state index contributed by atoms with van der Waals surface area (Å²) >= 11 is 6.33. The van der Waals surface area contributed by atoms with Gasteiger partial charge < -0.3 is 4.90 Å². The quantitative estimate of drug-likeness (QED) is 0.829. The van der Waals surface area contributed by atoms with Gasteiger partial charge in [-0.05, 0) is 41.7 Å². The van der Waals surface area contributed by atoms with Crippen LogP contribution in [-0.2, 0) is 34.2 Å². The summed E-state index contributed by atoms with van der Waals surface area (Å²) < 4.78 is 25.3. The minimum absolute atomic E-state index is 0.00234. The predicted octanol–water partition coefficient (Wildman–Crippen LogP) is 3.08. The lowest BCUT2D eigenvalue weighted by atomic mass is 9.93. The van der Waals surface area contributed by atoms with Crippen LogP contribution in [0.25, 0.3) is 0 Å². The second-order valence-electron chi connectivity index (χ2n) is 6.86. The van der Waals surface area contributed by atoms with E-state index in [4.69, 9.17) is 11.6 Å². The molecule has 27 heavy (non-hydrogen) atoms. The Morgan fingerprint density at radius 1 is 1.22 bits per heavy atom. The molecule has 2 aromatic carbocycles. The zero-order valence-electron chi connectivity index (χ0n) is 15.4. The maximum Gasteiger partial charge on any atom is 0.227 e. The molecule has 3 rings (SSSR count). The average molecular weight is 407 g/mol. The van der Waals surface area contributed by atoms with Gasteiger partial charge in [-0.3, -0.25) is 4.79 Å². The van der Waals surface area contributed by atoms with E-state index in [2.05, 4.69) is 16.9 Å². The highest BCUT2D eigenvalue weighted by Crippen LogP contribution is 2.30. The Kier molecular flexibility index (Phi) is 5.89. The number of carbonyl (C=O) groups is 1. The molecule has 5 nitrogen and oxygen atoms in total. The van der Waals surface area contributed by atoms with Gasteiger partial charge >= 0.3 is 0 Å². The smallest absolute Gasteiger partial charge is 0.227 e. The molecule has 0 saturated heterocycles. The number of carbonyl (C=O) groups excluding carboxylic acids is 1. The summed E-state index contributed by atoms with van der Waals surface area (Å²) in [6.45, 7) is 2.81. The summed E-state index contributed by atoms with van der Waals surface area (Å²) in [4.78, 5) is 14.9. The van der Waals surface area contributed by atoms with Crippen LogP contribution in [0, 0.1) is 0 Å². The zero-order chi connectivity index (χ0) is 19.6. The first-order valence-electron chi connectivity index (χ1n) is 8.84. The van der Waals surface area contributed by atoms with Crippen LogP contribution in [0.2, 0.25) is 5.02 Å². The van der Waals surface area contributed by atoms with Gasteiger partial charge in [0.2, 0.25) is 15.9 Å². The second-order valence-corrected chi connectivity index (χ2v) is 9.10. The zero-order valence-corrected chi connectivity index (χ0v) is 17.0. The molecule has 0 aromatic heterocycles. The highest BCUT2D eigenvalue weighted by molar-refractivity contribution is 7.88. The number of hydrogen-bond acceptors (Lipinski definition) is 3. The van der Waals surface area contributed by atoms with Crippen molar-refractivity contribution in [2.75, 3.05) is 12.8 Å². The molecule has 1 N–H and O–H groups in total. The normalized spacial score (nSPS) is 16.9. The molecule has 0 spiro atoms. The van der Waals surface area contributed by atoms with Crippen LogP contribution in [0.1, 0.15) is 35.2 Å². The molecule has 0 aliphatic carbocycles. The second kappa shape index (κ2) is 8.00. The van der Waals surface area contributed by atoms with Gasteiger partial charge in [0.05, 0.1) is 18.7 Å². The van der Waals surface area contributed by atoms with Crippen molar-refractivity contribution in [3.05, 3.63) is 69.7 Å². The molecule has 0 bridgehead atoms. The van der Waals surface area contributed by atoms with Crippen molar-refractivity contribution in [2.24, 2.45) is 0 Å². The van der Waals surface area contributed by atoms with E-state index in [-0.39, 0.29) is 24.9 Å². The average Bonchev–Trinajstić information content (AvgIpc) is 2.62. The Balaban J connectivity index is 1.80. The summed E-state index contributed by atoms with van der Waals surface area (Å²) in [5.74, 6) is -0.00860. The third-order valence-corrected chi connectivity index (χ3v) is 6.01. The van der Waals surface area contributed by atoms with Gasteiger partial charge in [0.1, 0.15) is 0 Å². The van der Waals surface area contributed by atoms with Crippen molar-refractivity contribution in [2.45, 2.75) is 32.4 Å². The standard InChI is InChI=1S/C20H23ClN2O3S/c1-14-17-8-4-3-6-15(17)10-11-23(14)20(24)12-18-16(7-5-9-19(18)21)13-22-27(2,25)26/h3-9,14,22H,10-13H2,1-2H3/t14-/m0/s1. The molecule has 1 atom stereocenters. The van der Waals surface area contributed by atoms with Gasteiger partial charge in [0.15, 0.2) is 0 Å². The summed E-state index contributed by atoms with van der Waals surface area (Å²) in [7, 11) is -3.33. The van der Waals surface area contributed by atoms with Crippen LogP contribution >= 0.6 is 11.6 Å². The van der Waals surface area contributed by atoms with E-state index >= 15 is 0 Å². The molecule has 1 amide bonds. The molecule has 7 heteroatoms. The fourth-order valence-corrected chi connectivity index (χ4v) is 4.22. The first-order chi connectivity index (χ1) is 12.8. The summed E-state index contributed by atoms with van der Waals surface area (Å²) in [6, 6.07) is 13.5. The SMILES string of the molecule is C[C@H]1c2ccccc2CCN1C(=O)Cc1c(Cl)cccc1CNS(C)(=O)=O. The Bertz CT molecular complexity index is 959. The van der Waals surface area contributed by atoms with Crippen LogP contribution < -0.4 is 4.72 Å². The van der Waals surface area contributed by atoms with Gasteiger partial charge in [0.25, 0.3) is 0 Å². The highest BCUT2D eigenvalue weighted by atomic mass is 35.5. The fourth-order valence-electron chi connectivity index (χ4n) is 3.54. The number of fused-ring (bicyclic) bond motifs is 1. The van der Waals surface area contributed by atoms with Crippen molar-refractivity contribution < 1.29 is 13.2 Å². The van der Waals surface area contributed by atoms with Crippen LogP contribution in [-0.4, -0.2) is 32.0 Å². The predicted molar refractivity (Wildman–Crippen MR) is 107 cm³/mol. The first-order valence-corrected chi connectivity index (χ1v) is 11.1. The number of amides is 1. The van der Waals surface area contributed by atoms with Crippen molar-refractivity contribution in [1.82, 2.24) is 9.62 Å². The van der Waals surface area contributed by atoms with Gasteiger partial charge in [-0.15, -0.1) is 0 Å². The molecule has 1 aliphatic rings. The lowest BCUT2D eigenvalue weighted by molar-refractivity contribution is -0.133. The van der Waals surface area contributed by atoms with E-state index in [1.54, 1.807) is 18.2 Å². The van der Waals surface area contributed by atoms with Crippen molar-refractivity contribution in [3.63, 3.8) is 0 Å². The number of hydrogen-bond donors (Lipinski definition) is 1. The molecule has 0 radical (unpaired) electrons. The number of sulfonamides is 1. The largest absolute Gasteiger partial charge is 0.335 e. The Labute approximate surface area is 165 Å². The molecular formula is C20H23ClN2O3S. The van der Waals surface area contributed by atoms with Gasteiger partial charge in [-0.25, -0.2) is 13.1 Å². The fraction of sp³-hybridized carbons (Fsp3) is 0.350. The summed E-state index contributed by atoms with van der Waals surface area (Å²) in [6.07, 6.45) is 2.08. The third-order valence-electron chi connectivity index (χ3n) is 4.98. The number of benzene rings is 2. The van der Waals surface area contributed by atoms with E-state index in [1.165, 1.54) is 11.1 Å². The van der Waals surface area contributed by atoms with E-state index < -0.39 is 10.0 Å². The third kappa shape index (κ3) is 4.69. The molecular weight excluding hydrogens is 384 g/mol. The van der Waals surface area contributed by atoms with Gasteiger partial charge in [0, 0.05) is 18.1 Å². The lowest BCUT2D eigenvalue weighted by Crippen LogP contribution is -2.39. The van der Waals surface area contributed by atoms with Gasteiger partial charge in [-0.2, -0.15) is 0 Å². The van der Waals surface area contributed by atoms with Crippen LogP contribution in [0.4, 0.5) is 0 Å². The Morgan fingerprint density at radius 3 is 2.70 bits per heavy atom. The Hall–Kier alpha value is -1.89. The van der Waals surface area contributed by atoms with E-state index in [0.717, 1.165) is 12.7 Å². The minimum Gasteiger partial charge on any atom is -0.335 e. The number of halogens is 1. The summed E-state index contributed by atoms with van der Waals surface area (Å²) in [5, 5.41) is 0.473. The molecule has 0 saturated carbocycles. The summed E-state index contributed by atoms with van der Waals surface area (Å²) in [5.41, 5.74) is 3.85. The number of nitrogens with zero attached hydrogens (tertiary/aromatic N) is 1. The Morgan fingerprint density at radius 2 is 1.96 bits per heavy atom. The van der Waals surface area contributed by atoms with Gasteiger partial charge in [-0.1, -0.05) is 48.0 Å². The number of nitrogens with one attached hydrogen (secondary N) is 1. The van der Waals surface area contributed by atoms with Crippen molar-refractivity contribution in [1.29, 1.82) is 0 Å². The van der Waals surface area contributed by atoms with Crippen LogP contribution in [0.15, 0.2) is 42.5 Å². The van der Waals surface area contributed by atoms with Crippen LogP contribution in [0.3, 0.4) is 0 Å². The molecule has 2 aromatic rings. The van der Waals surface area contributed by atoms with Crippen molar-refractivity contribution in [3.8, 4) is 0 Å². The topological polar surface area (TPSA) is 66.5 Å². The molecule has 0 fully saturated rings. The maximum absolute atomic E-state index is 13.0. The maximum atomic E-state index is 13.0. The first kappa shape index (κ1) is 19.9. The molecule has 1 aliphatic heterocycles. The minimum atomic E-state index is -3.33. The van der Waals surface area contributed by atoms with Crippen LogP contribution in [0.5, 0.6) is 0 Å².